The van der Waals surface area contributed by atoms with Gasteiger partial charge in [0.2, 0.25) is 0 Å². The Balaban J connectivity index is 1.81. The molecule has 0 amide bonds. The van der Waals surface area contributed by atoms with Crippen LogP contribution in [-0.4, -0.2) is 43.3 Å². The second kappa shape index (κ2) is 6.73. The van der Waals surface area contributed by atoms with Crippen molar-refractivity contribution in [3.05, 3.63) is 34.1 Å². The number of hydrogen-bond donors (Lipinski definition) is 1. The maximum absolute atomic E-state index is 14.1. The molecule has 3 rings (SSSR count). The van der Waals surface area contributed by atoms with E-state index in [2.05, 4.69) is 5.32 Å². The summed E-state index contributed by atoms with van der Waals surface area (Å²) in [6.45, 7) is 1.51. The van der Waals surface area contributed by atoms with Crippen molar-refractivity contribution in [2.24, 2.45) is 5.92 Å². The lowest BCUT2D eigenvalue weighted by atomic mass is 9.89. The molecule has 2 aliphatic heterocycles. The normalized spacial score (nSPS) is 23.5. The molecule has 2 fully saturated rings. The van der Waals surface area contributed by atoms with Gasteiger partial charge in [-0.1, -0.05) is 6.07 Å². The van der Waals surface area contributed by atoms with Crippen LogP contribution in [0.5, 0.6) is 0 Å². The fourth-order valence-electron chi connectivity index (χ4n) is 3.66. The monoisotopic (exact) mass is 357 g/mol. The molecule has 132 valence electrons. The SMILES string of the molecule is O=[N+]([O-])c1cccc(F)c1S(=O)(=O)N1CCC(C2CCCN2)CC1. The largest absolute Gasteiger partial charge is 0.314 e. The number of nitrogens with one attached hydrogen (secondary N) is 1. The molecule has 2 heterocycles. The van der Waals surface area contributed by atoms with E-state index in [-0.39, 0.29) is 13.1 Å². The summed E-state index contributed by atoms with van der Waals surface area (Å²) in [5.74, 6) is -0.682. The van der Waals surface area contributed by atoms with E-state index in [1.807, 2.05) is 0 Å². The van der Waals surface area contributed by atoms with Gasteiger partial charge in [0.05, 0.1) is 4.92 Å². The van der Waals surface area contributed by atoms with E-state index >= 15 is 0 Å². The highest BCUT2D eigenvalue weighted by Gasteiger charge is 2.38. The summed E-state index contributed by atoms with van der Waals surface area (Å²) in [6.07, 6.45) is 3.58. The average molecular weight is 357 g/mol. The van der Waals surface area contributed by atoms with Crippen LogP contribution < -0.4 is 5.32 Å². The molecule has 1 N–H and O–H groups in total. The Labute approximate surface area is 140 Å². The average Bonchev–Trinajstić information content (AvgIpc) is 3.09. The molecule has 0 spiro atoms. The maximum atomic E-state index is 14.1. The van der Waals surface area contributed by atoms with Gasteiger partial charge in [0, 0.05) is 25.2 Å². The molecule has 0 saturated carbocycles. The standard InChI is InChI=1S/C15H20FN3O4S/c16-12-3-1-5-14(19(20)21)15(12)24(22,23)18-9-6-11(7-10-18)13-4-2-8-17-13/h1,3,5,11,13,17H,2,4,6-10H2. The molecule has 0 bridgehead atoms. The Kier molecular flexibility index (Phi) is 4.84. The van der Waals surface area contributed by atoms with E-state index in [0.717, 1.165) is 37.6 Å². The van der Waals surface area contributed by atoms with E-state index in [4.69, 9.17) is 0 Å². The van der Waals surface area contributed by atoms with Crippen molar-refractivity contribution in [2.75, 3.05) is 19.6 Å². The lowest BCUT2D eigenvalue weighted by Crippen LogP contribution is -2.43. The first-order valence-electron chi connectivity index (χ1n) is 8.07. The zero-order valence-corrected chi connectivity index (χ0v) is 14.0. The van der Waals surface area contributed by atoms with Crippen molar-refractivity contribution >= 4 is 15.7 Å². The molecule has 1 unspecified atom stereocenters. The van der Waals surface area contributed by atoms with E-state index in [9.17, 15) is 22.9 Å². The fraction of sp³-hybridized carbons (Fsp3) is 0.600. The van der Waals surface area contributed by atoms with Crippen molar-refractivity contribution in [1.29, 1.82) is 0 Å². The molecule has 2 saturated heterocycles. The number of benzene rings is 1. The molecule has 1 atom stereocenters. The molecular weight excluding hydrogens is 337 g/mol. The highest BCUT2D eigenvalue weighted by molar-refractivity contribution is 7.89. The Morgan fingerprint density at radius 2 is 1.96 bits per heavy atom. The summed E-state index contributed by atoms with van der Waals surface area (Å²) in [6, 6.07) is 3.52. The molecule has 0 aliphatic carbocycles. The molecule has 24 heavy (non-hydrogen) atoms. The molecule has 1 aromatic carbocycles. The van der Waals surface area contributed by atoms with Crippen molar-refractivity contribution in [1.82, 2.24) is 9.62 Å². The van der Waals surface area contributed by atoms with Gasteiger partial charge in [0.1, 0.15) is 5.82 Å². The number of sulfonamides is 1. The molecule has 2 aliphatic rings. The minimum atomic E-state index is -4.22. The van der Waals surface area contributed by atoms with Crippen molar-refractivity contribution < 1.29 is 17.7 Å². The highest BCUT2D eigenvalue weighted by Crippen LogP contribution is 2.33. The highest BCUT2D eigenvalue weighted by atomic mass is 32.2. The number of rotatable bonds is 4. The van der Waals surface area contributed by atoms with Crippen LogP contribution in [-0.2, 0) is 10.0 Å². The first kappa shape index (κ1) is 17.2. The topological polar surface area (TPSA) is 92.5 Å². The van der Waals surface area contributed by atoms with Crippen LogP contribution in [0.25, 0.3) is 0 Å². The number of nitro benzene ring substituents is 1. The second-order valence-corrected chi connectivity index (χ2v) is 8.16. The van der Waals surface area contributed by atoms with E-state index in [1.165, 1.54) is 4.31 Å². The van der Waals surface area contributed by atoms with Gasteiger partial charge in [-0.15, -0.1) is 0 Å². The Hall–Kier alpha value is -1.58. The van der Waals surface area contributed by atoms with Crippen LogP contribution in [0.1, 0.15) is 25.7 Å². The number of halogens is 1. The van der Waals surface area contributed by atoms with Gasteiger partial charge in [0.15, 0.2) is 4.90 Å². The summed E-state index contributed by atoms with van der Waals surface area (Å²) in [7, 11) is -4.22. The van der Waals surface area contributed by atoms with Crippen molar-refractivity contribution in [2.45, 2.75) is 36.6 Å². The third kappa shape index (κ3) is 3.15. The lowest BCUT2D eigenvalue weighted by molar-refractivity contribution is -0.388. The van der Waals surface area contributed by atoms with Crippen LogP contribution in [0.2, 0.25) is 0 Å². The van der Waals surface area contributed by atoms with E-state index in [0.29, 0.717) is 24.8 Å². The Morgan fingerprint density at radius 1 is 1.25 bits per heavy atom. The van der Waals surface area contributed by atoms with E-state index < -0.39 is 31.3 Å². The summed E-state index contributed by atoms with van der Waals surface area (Å²) in [4.78, 5) is 9.39. The molecular formula is C15H20FN3O4S. The molecule has 0 radical (unpaired) electrons. The first-order chi connectivity index (χ1) is 11.4. The predicted octanol–water partition coefficient (Wildman–Crippen LogP) is 1.89. The number of hydrogen-bond acceptors (Lipinski definition) is 5. The quantitative estimate of drug-likeness (QED) is 0.656. The van der Waals surface area contributed by atoms with Crippen molar-refractivity contribution in [3.8, 4) is 0 Å². The second-order valence-electron chi connectivity index (χ2n) is 6.29. The summed E-state index contributed by atoms with van der Waals surface area (Å²) >= 11 is 0. The van der Waals surface area contributed by atoms with Crippen LogP contribution in [0.15, 0.2) is 23.1 Å². The minimum Gasteiger partial charge on any atom is -0.314 e. The van der Waals surface area contributed by atoms with Gasteiger partial charge in [-0.25, -0.2) is 12.8 Å². The van der Waals surface area contributed by atoms with E-state index in [1.54, 1.807) is 0 Å². The van der Waals surface area contributed by atoms with Gasteiger partial charge in [-0.2, -0.15) is 4.31 Å². The first-order valence-corrected chi connectivity index (χ1v) is 9.51. The summed E-state index contributed by atoms with van der Waals surface area (Å²) < 4.78 is 40.7. The number of piperidine rings is 1. The van der Waals surface area contributed by atoms with Gasteiger partial charge in [-0.3, -0.25) is 10.1 Å². The number of nitro groups is 1. The third-order valence-electron chi connectivity index (χ3n) is 4.91. The van der Waals surface area contributed by atoms with Gasteiger partial charge >= 0.3 is 0 Å². The molecule has 1 aromatic rings. The summed E-state index contributed by atoms with van der Waals surface area (Å²) in [5, 5.41) is 14.5. The van der Waals surface area contributed by atoms with Crippen LogP contribution in [0, 0.1) is 21.8 Å². The maximum Gasteiger partial charge on any atom is 0.292 e. The molecule has 9 heteroatoms. The Bertz CT molecular complexity index is 726. The lowest BCUT2D eigenvalue weighted by Gasteiger charge is -2.34. The Morgan fingerprint density at radius 3 is 2.54 bits per heavy atom. The number of nitrogens with zero attached hydrogens (tertiary/aromatic N) is 2. The van der Waals surface area contributed by atoms with Crippen LogP contribution in [0.3, 0.4) is 0 Å². The zero-order chi connectivity index (χ0) is 17.3. The zero-order valence-electron chi connectivity index (χ0n) is 13.2. The minimum absolute atomic E-state index is 0.261. The van der Waals surface area contributed by atoms with Crippen LogP contribution >= 0.6 is 0 Å². The van der Waals surface area contributed by atoms with Gasteiger partial charge in [-0.05, 0) is 44.2 Å². The molecule has 0 aromatic heterocycles. The molecule has 7 nitrogen and oxygen atoms in total. The predicted molar refractivity (Wildman–Crippen MR) is 85.6 cm³/mol. The third-order valence-corrected chi connectivity index (χ3v) is 6.87. The van der Waals surface area contributed by atoms with Gasteiger partial charge in [0.25, 0.3) is 15.7 Å². The van der Waals surface area contributed by atoms with Crippen molar-refractivity contribution in [3.63, 3.8) is 0 Å². The van der Waals surface area contributed by atoms with Gasteiger partial charge < -0.3 is 5.32 Å². The smallest absolute Gasteiger partial charge is 0.292 e. The summed E-state index contributed by atoms with van der Waals surface area (Å²) in [5.41, 5.74) is -0.713. The fourth-order valence-corrected chi connectivity index (χ4v) is 5.33. The van der Waals surface area contributed by atoms with Crippen LogP contribution in [0.4, 0.5) is 10.1 Å².